The number of methoxy groups -OCH3 is 1. The summed E-state index contributed by atoms with van der Waals surface area (Å²) in [5, 5.41) is 14.0. The van der Waals surface area contributed by atoms with Crippen molar-refractivity contribution in [1.82, 2.24) is 20.2 Å². The van der Waals surface area contributed by atoms with Crippen LogP contribution in [-0.4, -0.2) is 39.7 Å². The topological polar surface area (TPSA) is 81.4 Å². The summed E-state index contributed by atoms with van der Waals surface area (Å²) in [5.41, 5.74) is 4.14. The maximum absolute atomic E-state index is 12.1. The van der Waals surface area contributed by atoms with Crippen molar-refractivity contribution in [2.24, 2.45) is 5.10 Å². The highest BCUT2D eigenvalue weighted by Gasteiger charge is 2.14. The predicted molar refractivity (Wildman–Crippen MR) is 121 cm³/mol. The Morgan fingerprint density at radius 1 is 1.20 bits per heavy atom. The molecule has 0 spiro atoms. The number of halogens is 2. The Balaban J connectivity index is 1.59. The van der Waals surface area contributed by atoms with Crippen LogP contribution >= 0.6 is 35.0 Å². The molecule has 0 radical (unpaired) electrons. The predicted octanol–water partition coefficient (Wildman–Crippen LogP) is 4.52. The van der Waals surface area contributed by atoms with Gasteiger partial charge in [0.05, 0.1) is 29.1 Å². The van der Waals surface area contributed by atoms with Crippen LogP contribution in [0.1, 0.15) is 12.5 Å². The fraction of sp³-hybridized carbons (Fsp3) is 0.200. The number of aromatic nitrogens is 3. The van der Waals surface area contributed by atoms with Crippen LogP contribution in [0.5, 0.6) is 5.75 Å². The number of hydrogen-bond donors (Lipinski definition) is 1. The third-order valence-electron chi connectivity index (χ3n) is 4.06. The lowest BCUT2D eigenvalue weighted by atomic mass is 10.2. The van der Waals surface area contributed by atoms with Gasteiger partial charge < -0.3 is 9.30 Å². The van der Waals surface area contributed by atoms with Gasteiger partial charge >= 0.3 is 0 Å². The number of carbonyl (C=O) groups excluding carboxylic acids is 1. The average Bonchev–Trinajstić information content (AvgIpc) is 3.17. The highest BCUT2D eigenvalue weighted by molar-refractivity contribution is 7.99. The molecule has 3 aromatic rings. The first-order valence-corrected chi connectivity index (χ1v) is 10.7. The summed E-state index contributed by atoms with van der Waals surface area (Å²) in [6.07, 6.45) is 1.50. The SMILES string of the molecule is CCn1c(SCC(=O)NN=Cc2ccc(Cl)c(Cl)c2)nnc1-c1ccc(OC)cc1. The van der Waals surface area contributed by atoms with E-state index in [2.05, 4.69) is 20.7 Å². The maximum Gasteiger partial charge on any atom is 0.250 e. The van der Waals surface area contributed by atoms with E-state index < -0.39 is 0 Å². The number of hydrogen-bond acceptors (Lipinski definition) is 6. The van der Waals surface area contributed by atoms with E-state index in [1.54, 1.807) is 25.3 Å². The molecule has 7 nitrogen and oxygen atoms in total. The average molecular weight is 464 g/mol. The molecule has 0 aliphatic rings. The Labute approximate surface area is 188 Å². The molecular formula is C20H19Cl2N5O2S. The van der Waals surface area contributed by atoms with E-state index in [-0.39, 0.29) is 11.7 Å². The first-order valence-electron chi connectivity index (χ1n) is 8.99. The Bertz CT molecular complexity index is 1050. The fourth-order valence-corrected chi connectivity index (χ4v) is 3.67. The number of rotatable bonds is 8. The lowest BCUT2D eigenvalue weighted by molar-refractivity contribution is -0.118. The zero-order chi connectivity index (χ0) is 21.5. The van der Waals surface area contributed by atoms with Crippen LogP contribution in [0.3, 0.4) is 0 Å². The fourth-order valence-electron chi connectivity index (χ4n) is 2.57. The number of nitrogens with zero attached hydrogens (tertiary/aromatic N) is 4. The molecule has 2 aromatic carbocycles. The van der Waals surface area contributed by atoms with Crippen LogP contribution in [0, 0.1) is 0 Å². The quantitative estimate of drug-likeness (QED) is 0.301. The molecule has 156 valence electrons. The molecule has 0 saturated carbocycles. The third-order valence-corrected chi connectivity index (χ3v) is 5.77. The van der Waals surface area contributed by atoms with Crippen molar-refractivity contribution in [1.29, 1.82) is 0 Å². The molecule has 30 heavy (non-hydrogen) atoms. The van der Waals surface area contributed by atoms with Gasteiger partial charge in [-0.05, 0) is 48.9 Å². The van der Waals surface area contributed by atoms with Crippen LogP contribution in [0.15, 0.2) is 52.7 Å². The van der Waals surface area contributed by atoms with Gasteiger partial charge in [-0.25, -0.2) is 5.43 Å². The third kappa shape index (κ3) is 5.53. The van der Waals surface area contributed by atoms with Crippen molar-refractivity contribution in [3.63, 3.8) is 0 Å². The molecule has 1 heterocycles. The minimum absolute atomic E-state index is 0.152. The van der Waals surface area contributed by atoms with Gasteiger partial charge in [-0.2, -0.15) is 5.10 Å². The molecule has 1 aromatic heterocycles. The van der Waals surface area contributed by atoms with Crippen molar-refractivity contribution in [2.45, 2.75) is 18.6 Å². The second-order valence-electron chi connectivity index (χ2n) is 6.03. The Morgan fingerprint density at radius 2 is 1.97 bits per heavy atom. The number of carbonyl (C=O) groups is 1. The van der Waals surface area contributed by atoms with Crippen LogP contribution in [0.2, 0.25) is 10.0 Å². The Kier molecular flexibility index (Phi) is 7.73. The lowest BCUT2D eigenvalue weighted by Crippen LogP contribution is -2.20. The molecule has 1 amide bonds. The number of nitrogens with one attached hydrogen (secondary N) is 1. The molecular weight excluding hydrogens is 445 g/mol. The smallest absolute Gasteiger partial charge is 0.250 e. The number of amides is 1. The van der Waals surface area contributed by atoms with Crippen molar-refractivity contribution in [3.8, 4) is 17.1 Å². The van der Waals surface area contributed by atoms with Crippen molar-refractivity contribution in [3.05, 3.63) is 58.1 Å². The normalized spacial score (nSPS) is 11.1. The standard InChI is InChI=1S/C20H19Cl2N5O2S/c1-3-27-19(14-5-7-15(29-2)8-6-14)25-26-20(27)30-12-18(28)24-23-11-13-4-9-16(21)17(22)10-13/h4-11H,3,12H2,1-2H3,(H,24,28). The lowest BCUT2D eigenvalue weighted by Gasteiger charge is -2.07. The molecule has 1 N–H and O–H groups in total. The van der Waals surface area contributed by atoms with E-state index in [1.165, 1.54) is 18.0 Å². The monoisotopic (exact) mass is 463 g/mol. The summed E-state index contributed by atoms with van der Waals surface area (Å²) < 4.78 is 7.15. The maximum atomic E-state index is 12.1. The number of thioether (sulfide) groups is 1. The van der Waals surface area contributed by atoms with Gasteiger partial charge in [-0.1, -0.05) is 41.0 Å². The van der Waals surface area contributed by atoms with Gasteiger partial charge in [0, 0.05) is 12.1 Å². The first-order chi connectivity index (χ1) is 14.5. The first kappa shape index (κ1) is 22.1. The summed E-state index contributed by atoms with van der Waals surface area (Å²) in [5.74, 6) is 1.40. The summed E-state index contributed by atoms with van der Waals surface area (Å²) in [6, 6.07) is 12.7. The highest BCUT2D eigenvalue weighted by atomic mass is 35.5. The molecule has 0 unspecified atom stereocenters. The molecule has 0 bridgehead atoms. The van der Waals surface area contributed by atoms with E-state index in [4.69, 9.17) is 27.9 Å². The molecule has 0 atom stereocenters. The molecule has 0 aliphatic heterocycles. The summed E-state index contributed by atoms with van der Waals surface area (Å²) >= 11 is 13.1. The zero-order valence-electron chi connectivity index (χ0n) is 16.3. The molecule has 10 heteroatoms. The van der Waals surface area contributed by atoms with E-state index in [0.717, 1.165) is 22.7 Å². The summed E-state index contributed by atoms with van der Waals surface area (Å²) in [4.78, 5) is 12.1. The van der Waals surface area contributed by atoms with Crippen LogP contribution < -0.4 is 10.2 Å². The second-order valence-corrected chi connectivity index (χ2v) is 7.79. The van der Waals surface area contributed by atoms with Crippen molar-refractivity contribution >= 4 is 47.1 Å². The molecule has 0 saturated heterocycles. The molecule has 3 rings (SSSR count). The van der Waals surface area contributed by atoms with Crippen LogP contribution in [-0.2, 0) is 11.3 Å². The van der Waals surface area contributed by atoms with Crippen molar-refractivity contribution in [2.75, 3.05) is 12.9 Å². The Morgan fingerprint density at radius 3 is 2.63 bits per heavy atom. The van der Waals surface area contributed by atoms with Gasteiger partial charge in [-0.3, -0.25) is 4.79 Å². The van der Waals surface area contributed by atoms with E-state index in [1.807, 2.05) is 35.8 Å². The minimum atomic E-state index is -0.257. The number of hydrazone groups is 1. The minimum Gasteiger partial charge on any atom is -0.497 e. The van der Waals surface area contributed by atoms with Gasteiger partial charge in [0.25, 0.3) is 5.91 Å². The van der Waals surface area contributed by atoms with Gasteiger partial charge in [0.2, 0.25) is 0 Å². The Hall–Kier alpha value is -2.55. The number of ether oxygens (including phenoxy) is 1. The largest absolute Gasteiger partial charge is 0.497 e. The molecule has 0 fully saturated rings. The van der Waals surface area contributed by atoms with Crippen LogP contribution in [0.4, 0.5) is 0 Å². The molecule has 0 aliphatic carbocycles. The van der Waals surface area contributed by atoms with Gasteiger partial charge in [-0.15, -0.1) is 10.2 Å². The number of benzene rings is 2. The zero-order valence-corrected chi connectivity index (χ0v) is 18.6. The van der Waals surface area contributed by atoms with E-state index in [0.29, 0.717) is 21.7 Å². The summed E-state index contributed by atoms with van der Waals surface area (Å²) in [7, 11) is 1.62. The van der Waals surface area contributed by atoms with Gasteiger partial charge in [0.1, 0.15) is 5.75 Å². The van der Waals surface area contributed by atoms with Gasteiger partial charge in [0.15, 0.2) is 11.0 Å². The van der Waals surface area contributed by atoms with Crippen molar-refractivity contribution < 1.29 is 9.53 Å². The van der Waals surface area contributed by atoms with Crippen LogP contribution in [0.25, 0.3) is 11.4 Å². The second kappa shape index (κ2) is 10.5. The summed E-state index contributed by atoms with van der Waals surface area (Å²) in [6.45, 7) is 2.68. The van der Waals surface area contributed by atoms with E-state index >= 15 is 0 Å². The highest BCUT2D eigenvalue weighted by Crippen LogP contribution is 2.25. The van der Waals surface area contributed by atoms with E-state index in [9.17, 15) is 4.79 Å².